The van der Waals surface area contributed by atoms with Gasteiger partial charge in [-0.1, -0.05) is 5.16 Å². The number of amides is 1. The average molecular weight is 587 g/mol. The summed E-state index contributed by atoms with van der Waals surface area (Å²) in [5.41, 5.74) is 4.04. The van der Waals surface area contributed by atoms with Crippen LogP contribution in [0.25, 0.3) is 28.0 Å². The third-order valence-corrected chi connectivity index (χ3v) is 8.07. The van der Waals surface area contributed by atoms with Crippen LogP contribution in [0.4, 0.5) is 10.1 Å². The van der Waals surface area contributed by atoms with Crippen LogP contribution in [-0.2, 0) is 6.54 Å². The minimum Gasteiger partial charge on any atom is -0.388 e. The van der Waals surface area contributed by atoms with Crippen molar-refractivity contribution in [3.63, 3.8) is 0 Å². The van der Waals surface area contributed by atoms with Crippen LogP contribution in [0, 0.1) is 6.92 Å². The number of rotatable bonds is 9. The van der Waals surface area contributed by atoms with E-state index in [1.54, 1.807) is 48.4 Å². The average Bonchev–Trinajstić information content (AvgIpc) is 3.76. The molecule has 12 nitrogen and oxygen atoms in total. The van der Waals surface area contributed by atoms with E-state index in [-0.39, 0.29) is 30.1 Å². The molecule has 5 aromatic heterocycles. The number of halogens is 1. The molecule has 3 atom stereocenters. The highest BCUT2D eigenvalue weighted by Crippen LogP contribution is 2.44. The van der Waals surface area contributed by atoms with Crippen molar-refractivity contribution in [1.82, 2.24) is 34.5 Å². The first-order valence-corrected chi connectivity index (χ1v) is 14.3. The molecule has 0 aromatic carbocycles. The molecule has 222 valence electrons. The molecular weight excluding hydrogens is 555 g/mol. The van der Waals surface area contributed by atoms with Gasteiger partial charge in [0.25, 0.3) is 5.91 Å². The summed E-state index contributed by atoms with van der Waals surface area (Å²) in [6.45, 7) is 5.06. The second-order valence-electron chi connectivity index (χ2n) is 12.0. The van der Waals surface area contributed by atoms with Crippen LogP contribution in [0.5, 0.6) is 0 Å². The molecule has 0 spiro atoms. The number of pyridine rings is 2. The predicted molar refractivity (Wildman–Crippen MR) is 153 cm³/mol. The van der Waals surface area contributed by atoms with Gasteiger partial charge in [-0.05, 0) is 63.8 Å². The summed E-state index contributed by atoms with van der Waals surface area (Å²) in [5.74, 6) is 0.153. The van der Waals surface area contributed by atoms with Crippen LogP contribution in [0.3, 0.4) is 0 Å². The van der Waals surface area contributed by atoms with Crippen molar-refractivity contribution < 1.29 is 23.9 Å². The van der Waals surface area contributed by atoms with Crippen molar-refractivity contribution in [2.24, 2.45) is 0 Å². The molecule has 0 saturated heterocycles. The molecule has 0 radical (unpaired) electrons. The first-order chi connectivity index (χ1) is 20.5. The van der Waals surface area contributed by atoms with E-state index in [1.165, 1.54) is 6.20 Å². The van der Waals surface area contributed by atoms with Crippen molar-refractivity contribution in [2.45, 2.75) is 76.3 Å². The molecule has 7 rings (SSSR count). The van der Waals surface area contributed by atoms with Gasteiger partial charge < -0.3 is 20.1 Å². The van der Waals surface area contributed by atoms with Gasteiger partial charge >= 0.3 is 0 Å². The molecular formula is C30H31FN8O4. The number of nitrogens with zero attached hydrogens (tertiary/aromatic N) is 7. The van der Waals surface area contributed by atoms with Gasteiger partial charge in [-0.3, -0.25) is 14.5 Å². The van der Waals surface area contributed by atoms with Crippen LogP contribution in [0.2, 0.25) is 0 Å². The summed E-state index contributed by atoms with van der Waals surface area (Å²) in [4.78, 5) is 22.2. The molecule has 2 aliphatic carbocycles. The Morgan fingerprint density at radius 2 is 2.05 bits per heavy atom. The van der Waals surface area contributed by atoms with Gasteiger partial charge in [0.15, 0.2) is 0 Å². The SMILES string of the molecule is Cc1ncc(-c2noc([C@H]3C[C@@H]3F)n2)cc1NC(=O)c1cnn2ccc(-c3cn(C[C@H](O)C(C)(C)O)nc3C3CC3)cc12. The zero-order valence-corrected chi connectivity index (χ0v) is 23.9. The lowest BCUT2D eigenvalue weighted by Gasteiger charge is -2.24. The van der Waals surface area contributed by atoms with E-state index in [0.29, 0.717) is 40.4 Å². The molecule has 5 heterocycles. The zero-order valence-electron chi connectivity index (χ0n) is 23.9. The largest absolute Gasteiger partial charge is 0.388 e. The second kappa shape index (κ2) is 10.1. The maximum absolute atomic E-state index is 13.5. The molecule has 0 aliphatic heterocycles. The van der Waals surface area contributed by atoms with Crippen molar-refractivity contribution in [3.05, 3.63) is 65.8 Å². The second-order valence-corrected chi connectivity index (χ2v) is 12.0. The molecule has 5 aromatic rings. The number of aromatic nitrogens is 7. The summed E-state index contributed by atoms with van der Waals surface area (Å²) in [6, 6.07) is 5.54. The number of carbonyl (C=O) groups excluding carboxylic acids is 1. The molecule has 13 heteroatoms. The molecule has 43 heavy (non-hydrogen) atoms. The highest BCUT2D eigenvalue weighted by molar-refractivity contribution is 6.09. The zero-order chi connectivity index (χ0) is 30.0. The van der Waals surface area contributed by atoms with Gasteiger partial charge in [0.05, 0.1) is 52.4 Å². The normalized spacial score (nSPS) is 19.1. The van der Waals surface area contributed by atoms with Gasteiger partial charge in [0.1, 0.15) is 12.3 Å². The smallest absolute Gasteiger partial charge is 0.259 e. The van der Waals surface area contributed by atoms with Crippen molar-refractivity contribution in [2.75, 3.05) is 5.32 Å². The van der Waals surface area contributed by atoms with Crippen LogP contribution >= 0.6 is 0 Å². The van der Waals surface area contributed by atoms with E-state index in [2.05, 4.69) is 25.5 Å². The molecule has 0 bridgehead atoms. The standard InChI is InChI=1S/C30H31FN8O4/c1-15-23(8-18(11-32-15)27-35-29(43-37-27)19-10-22(19)31)34-28(41)20-12-33-39-7-6-17(9-24(20)39)21-13-38(14-25(40)30(2,3)42)36-26(21)16-4-5-16/h6-9,11-13,16,19,22,25,40,42H,4-5,10,14H2,1-3H3,(H,34,41)/t19-,22-,25-/m0/s1. The number of aliphatic hydroxyl groups excluding tert-OH is 1. The van der Waals surface area contributed by atoms with Crippen LogP contribution < -0.4 is 5.32 Å². The predicted octanol–water partition coefficient (Wildman–Crippen LogP) is 4.04. The van der Waals surface area contributed by atoms with Gasteiger partial charge in [-0.25, -0.2) is 8.91 Å². The third kappa shape index (κ3) is 5.30. The number of hydrogen-bond acceptors (Lipinski definition) is 9. The fraction of sp³-hybridized carbons (Fsp3) is 0.400. The number of aryl methyl sites for hydroxylation is 1. The van der Waals surface area contributed by atoms with E-state index >= 15 is 0 Å². The molecule has 1 amide bonds. The highest BCUT2D eigenvalue weighted by Gasteiger charge is 2.43. The molecule has 2 aliphatic rings. The number of fused-ring (bicyclic) bond motifs is 1. The van der Waals surface area contributed by atoms with E-state index < -0.39 is 17.9 Å². The lowest BCUT2D eigenvalue weighted by molar-refractivity contribution is -0.0566. The van der Waals surface area contributed by atoms with Crippen molar-refractivity contribution >= 4 is 17.1 Å². The lowest BCUT2D eigenvalue weighted by atomic mass is 10.0. The highest BCUT2D eigenvalue weighted by atomic mass is 19.1. The Balaban J connectivity index is 1.16. The van der Waals surface area contributed by atoms with Crippen LogP contribution in [-0.4, -0.2) is 68.5 Å². The number of carbonyl (C=O) groups is 1. The first kappa shape index (κ1) is 27.3. The number of alkyl halides is 1. The maximum atomic E-state index is 13.5. The minimum atomic E-state index is -1.26. The van der Waals surface area contributed by atoms with E-state index in [9.17, 15) is 19.4 Å². The minimum absolute atomic E-state index is 0.153. The van der Waals surface area contributed by atoms with E-state index in [0.717, 1.165) is 29.7 Å². The van der Waals surface area contributed by atoms with Gasteiger partial charge in [0, 0.05) is 35.6 Å². The molecule has 3 N–H and O–H groups in total. The lowest BCUT2D eigenvalue weighted by Crippen LogP contribution is -2.39. The summed E-state index contributed by atoms with van der Waals surface area (Å²) in [7, 11) is 0. The van der Waals surface area contributed by atoms with Gasteiger partial charge in [-0.2, -0.15) is 15.2 Å². The van der Waals surface area contributed by atoms with Crippen LogP contribution in [0.1, 0.15) is 72.6 Å². The Labute approximate surface area is 245 Å². The monoisotopic (exact) mass is 586 g/mol. The summed E-state index contributed by atoms with van der Waals surface area (Å²) in [6.07, 6.45) is 7.29. The summed E-state index contributed by atoms with van der Waals surface area (Å²) < 4.78 is 22.0. The Hall–Kier alpha value is -4.49. The number of nitrogens with one attached hydrogen (secondary N) is 1. The summed E-state index contributed by atoms with van der Waals surface area (Å²) in [5, 5.41) is 36.7. The Morgan fingerprint density at radius 3 is 2.77 bits per heavy atom. The maximum Gasteiger partial charge on any atom is 0.259 e. The molecule has 2 fully saturated rings. The van der Waals surface area contributed by atoms with Crippen molar-refractivity contribution in [1.29, 1.82) is 0 Å². The quantitative estimate of drug-likeness (QED) is 0.232. The molecule has 2 saturated carbocycles. The van der Waals surface area contributed by atoms with Gasteiger partial charge in [0.2, 0.25) is 11.7 Å². The third-order valence-electron chi connectivity index (χ3n) is 8.07. The summed E-state index contributed by atoms with van der Waals surface area (Å²) >= 11 is 0. The number of aliphatic hydroxyl groups is 2. The Morgan fingerprint density at radius 1 is 1.26 bits per heavy atom. The van der Waals surface area contributed by atoms with E-state index in [4.69, 9.17) is 9.62 Å². The Kier molecular flexibility index (Phi) is 6.40. The van der Waals surface area contributed by atoms with Crippen LogP contribution in [0.15, 0.2) is 47.5 Å². The van der Waals surface area contributed by atoms with E-state index in [1.807, 2.05) is 18.3 Å². The number of hydrogen-bond donors (Lipinski definition) is 3. The molecule has 0 unspecified atom stereocenters. The fourth-order valence-corrected chi connectivity index (χ4v) is 5.03. The topological polar surface area (TPSA) is 156 Å². The fourth-order valence-electron chi connectivity index (χ4n) is 5.03. The Bertz CT molecular complexity index is 1850. The van der Waals surface area contributed by atoms with Gasteiger partial charge in [-0.15, -0.1) is 0 Å². The number of anilines is 1. The first-order valence-electron chi connectivity index (χ1n) is 14.3. The van der Waals surface area contributed by atoms with Crippen molar-refractivity contribution in [3.8, 4) is 22.5 Å².